The highest BCUT2D eigenvalue weighted by Crippen LogP contribution is 2.20. The zero-order valence-corrected chi connectivity index (χ0v) is 12.0. The molecule has 0 aliphatic carbocycles. The fraction of sp³-hybridized carbons (Fsp3) is 0.562. The second-order valence-electron chi connectivity index (χ2n) is 5.76. The lowest BCUT2D eigenvalue weighted by atomic mass is 9.89. The van der Waals surface area contributed by atoms with Gasteiger partial charge in [0, 0.05) is 19.6 Å². The van der Waals surface area contributed by atoms with E-state index in [1.807, 2.05) is 44.2 Å². The fourth-order valence-electron chi connectivity index (χ4n) is 1.86. The zero-order chi connectivity index (χ0) is 14.1. The van der Waals surface area contributed by atoms with Crippen LogP contribution >= 0.6 is 0 Å². The number of nitrogens with one attached hydrogen (secondary N) is 1. The molecule has 3 nitrogen and oxygen atoms in total. The Balaban J connectivity index is 2.12. The highest BCUT2D eigenvalue weighted by atomic mass is 16.3. The second kappa shape index (κ2) is 7.95. The van der Waals surface area contributed by atoms with Crippen molar-refractivity contribution >= 4 is 5.91 Å². The molecule has 2 N–H and O–H groups in total. The number of hydrogen-bond acceptors (Lipinski definition) is 2. The summed E-state index contributed by atoms with van der Waals surface area (Å²) >= 11 is 0. The van der Waals surface area contributed by atoms with Gasteiger partial charge in [0.25, 0.3) is 0 Å². The Morgan fingerprint density at radius 3 is 2.58 bits per heavy atom. The molecule has 0 aliphatic rings. The molecular weight excluding hydrogens is 238 g/mol. The molecule has 0 fully saturated rings. The number of aliphatic hydroxyl groups excluding tert-OH is 1. The van der Waals surface area contributed by atoms with E-state index in [-0.39, 0.29) is 17.9 Å². The van der Waals surface area contributed by atoms with E-state index >= 15 is 0 Å². The van der Waals surface area contributed by atoms with Gasteiger partial charge in [-0.2, -0.15) is 0 Å². The molecule has 0 heterocycles. The fourth-order valence-corrected chi connectivity index (χ4v) is 1.86. The average Bonchev–Trinajstić information content (AvgIpc) is 2.42. The third-order valence-corrected chi connectivity index (χ3v) is 3.26. The van der Waals surface area contributed by atoms with E-state index in [0.29, 0.717) is 13.0 Å². The van der Waals surface area contributed by atoms with Crippen molar-refractivity contribution in [2.45, 2.75) is 39.5 Å². The van der Waals surface area contributed by atoms with Crippen molar-refractivity contribution < 1.29 is 9.90 Å². The van der Waals surface area contributed by atoms with E-state index in [1.165, 1.54) is 5.56 Å². The number of carbonyl (C=O) groups is 1. The number of amides is 1. The molecule has 0 atom stereocenters. The van der Waals surface area contributed by atoms with Crippen LogP contribution in [0.2, 0.25) is 0 Å². The molecule has 1 aromatic rings. The van der Waals surface area contributed by atoms with Crippen molar-refractivity contribution in [1.29, 1.82) is 0 Å². The molecule has 0 aromatic heterocycles. The molecule has 0 saturated heterocycles. The van der Waals surface area contributed by atoms with E-state index < -0.39 is 0 Å². The lowest BCUT2D eigenvalue weighted by molar-refractivity contribution is -0.121. The van der Waals surface area contributed by atoms with Gasteiger partial charge < -0.3 is 10.4 Å². The van der Waals surface area contributed by atoms with Crippen LogP contribution in [0.4, 0.5) is 0 Å². The number of hydrogen-bond donors (Lipinski definition) is 2. The van der Waals surface area contributed by atoms with Crippen LogP contribution in [0.25, 0.3) is 0 Å². The van der Waals surface area contributed by atoms with Crippen LogP contribution in [0, 0.1) is 5.41 Å². The van der Waals surface area contributed by atoms with Gasteiger partial charge in [-0.25, -0.2) is 0 Å². The predicted molar refractivity (Wildman–Crippen MR) is 77.9 cm³/mol. The molecular formula is C16H25NO2. The minimum atomic E-state index is -0.0469. The topological polar surface area (TPSA) is 49.3 Å². The van der Waals surface area contributed by atoms with Gasteiger partial charge in [0.05, 0.1) is 0 Å². The standard InChI is InChI=1S/C16H25NO2/c1-16(2,13-18)11-6-12-17-15(19)10-9-14-7-4-3-5-8-14/h3-5,7-8,18H,6,9-13H2,1-2H3,(H,17,19). The Bertz CT molecular complexity index is 374. The summed E-state index contributed by atoms with van der Waals surface area (Å²) in [5.41, 5.74) is 1.15. The molecule has 0 saturated carbocycles. The number of aliphatic hydroxyl groups is 1. The quantitative estimate of drug-likeness (QED) is 0.708. The predicted octanol–water partition coefficient (Wildman–Crippen LogP) is 2.53. The van der Waals surface area contributed by atoms with Crippen LogP contribution in [0.1, 0.15) is 38.7 Å². The smallest absolute Gasteiger partial charge is 0.220 e. The molecule has 0 radical (unpaired) electrons. The zero-order valence-electron chi connectivity index (χ0n) is 12.0. The lowest BCUT2D eigenvalue weighted by Gasteiger charge is -2.21. The van der Waals surface area contributed by atoms with Gasteiger partial charge in [-0.05, 0) is 30.2 Å². The summed E-state index contributed by atoms with van der Waals surface area (Å²) in [6.45, 7) is 4.94. The monoisotopic (exact) mass is 263 g/mol. The van der Waals surface area contributed by atoms with Gasteiger partial charge in [-0.3, -0.25) is 4.79 Å². The number of rotatable bonds is 8. The van der Waals surface area contributed by atoms with Gasteiger partial charge in [0.1, 0.15) is 0 Å². The normalized spacial score (nSPS) is 11.3. The van der Waals surface area contributed by atoms with Crippen molar-refractivity contribution in [3.63, 3.8) is 0 Å². The van der Waals surface area contributed by atoms with Crippen molar-refractivity contribution in [1.82, 2.24) is 5.32 Å². The minimum Gasteiger partial charge on any atom is -0.396 e. The van der Waals surface area contributed by atoms with Crippen LogP contribution in [-0.2, 0) is 11.2 Å². The lowest BCUT2D eigenvalue weighted by Crippen LogP contribution is -2.26. The number of carbonyl (C=O) groups excluding carboxylic acids is 1. The summed E-state index contributed by atoms with van der Waals surface area (Å²) in [6.07, 6.45) is 3.15. The second-order valence-corrected chi connectivity index (χ2v) is 5.76. The molecule has 1 rings (SSSR count). The van der Waals surface area contributed by atoms with Crippen LogP contribution in [0.3, 0.4) is 0 Å². The number of benzene rings is 1. The van der Waals surface area contributed by atoms with E-state index in [1.54, 1.807) is 0 Å². The Morgan fingerprint density at radius 2 is 1.95 bits per heavy atom. The summed E-state index contributed by atoms with van der Waals surface area (Å²) in [4.78, 5) is 11.6. The molecule has 1 aromatic carbocycles. The van der Waals surface area contributed by atoms with Crippen molar-refractivity contribution in [3.8, 4) is 0 Å². The first-order valence-electron chi connectivity index (χ1n) is 6.95. The van der Waals surface area contributed by atoms with Crippen LogP contribution in [-0.4, -0.2) is 24.2 Å². The SMILES string of the molecule is CC(C)(CO)CCCNC(=O)CCc1ccccc1. The van der Waals surface area contributed by atoms with Crippen LogP contribution < -0.4 is 5.32 Å². The summed E-state index contributed by atoms with van der Waals surface area (Å²) in [6, 6.07) is 10.0. The average molecular weight is 263 g/mol. The van der Waals surface area contributed by atoms with E-state index in [4.69, 9.17) is 5.11 Å². The molecule has 0 unspecified atom stereocenters. The molecule has 1 amide bonds. The number of aryl methyl sites for hydroxylation is 1. The third-order valence-electron chi connectivity index (χ3n) is 3.26. The largest absolute Gasteiger partial charge is 0.396 e. The Hall–Kier alpha value is -1.35. The highest BCUT2D eigenvalue weighted by molar-refractivity contribution is 5.76. The van der Waals surface area contributed by atoms with Crippen molar-refractivity contribution in [2.75, 3.05) is 13.2 Å². The molecule has 19 heavy (non-hydrogen) atoms. The summed E-state index contributed by atoms with van der Waals surface area (Å²) in [5.74, 6) is 0.102. The Kier molecular flexibility index (Phi) is 6.57. The minimum absolute atomic E-state index is 0.0469. The third kappa shape index (κ3) is 6.97. The maximum Gasteiger partial charge on any atom is 0.220 e. The van der Waals surface area contributed by atoms with Gasteiger partial charge in [0.15, 0.2) is 0 Å². The van der Waals surface area contributed by atoms with Crippen molar-refractivity contribution in [3.05, 3.63) is 35.9 Å². The Labute approximate surface area is 116 Å². The van der Waals surface area contributed by atoms with Gasteiger partial charge in [0.2, 0.25) is 5.91 Å². The maximum absolute atomic E-state index is 11.6. The van der Waals surface area contributed by atoms with E-state index in [0.717, 1.165) is 19.3 Å². The highest BCUT2D eigenvalue weighted by Gasteiger charge is 2.15. The molecule has 0 spiro atoms. The molecule has 0 bridgehead atoms. The summed E-state index contributed by atoms with van der Waals surface area (Å²) < 4.78 is 0. The van der Waals surface area contributed by atoms with Gasteiger partial charge >= 0.3 is 0 Å². The molecule has 3 heteroatoms. The van der Waals surface area contributed by atoms with Crippen molar-refractivity contribution in [2.24, 2.45) is 5.41 Å². The summed E-state index contributed by atoms with van der Waals surface area (Å²) in [5, 5.41) is 12.1. The Morgan fingerprint density at radius 1 is 1.26 bits per heavy atom. The molecule has 0 aliphatic heterocycles. The van der Waals surface area contributed by atoms with Gasteiger partial charge in [-0.1, -0.05) is 44.2 Å². The molecule has 106 valence electrons. The maximum atomic E-state index is 11.6. The van der Waals surface area contributed by atoms with Crippen LogP contribution in [0.5, 0.6) is 0 Å². The van der Waals surface area contributed by atoms with Crippen LogP contribution in [0.15, 0.2) is 30.3 Å². The van der Waals surface area contributed by atoms with Gasteiger partial charge in [-0.15, -0.1) is 0 Å². The van der Waals surface area contributed by atoms with E-state index in [9.17, 15) is 4.79 Å². The van der Waals surface area contributed by atoms with E-state index in [2.05, 4.69) is 5.32 Å². The first kappa shape index (κ1) is 15.7. The first-order chi connectivity index (χ1) is 9.03. The first-order valence-corrected chi connectivity index (χ1v) is 6.95. The summed E-state index contributed by atoms with van der Waals surface area (Å²) in [7, 11) is 0.